The van der Waals surface area contributed by atoms with E-state index in [2.05, 4.69) is 5.32 Å². The predicted molar refractivity (Wildman–Crippen MR) is 53.5 cm³/mol. The number of nitrogens with one attached hydrogen (secondary N) is 1. The van der Waals surface area contributed by atoms with Crippen molar-refractivity contribution in [2.75, 3.05) is 0 Å². The highest BCUT2D eigenvalue weighted by Gasteiger charge is 2.19. The fourth-order valence-electron chi connectivity index (χ4n) is 1.35. The van der Waals surface area contributed by atoms with Gasteiger partial charge in [0.05, 0.1) is 6.26 Å². The average molecular weight is 185 g/mol. The highest BCUT2D eigenvalue weighted by Crippen LogP contribution is 2.17. The Morgan fingerprint density at radius 3 is 2.38 bits per heavy atom. The van der Waals surface area contributed by atoms with Gasteiger partial charge in [0.25, 0.3) is 0 Å². The molecule has 0 bridgehead atoms. The van der Waals surface area contributed by atoms with Crippen molar-refractivity contribution in [1.82, 2.24) is 5.32 Å². The van der Waals surface area contributed by atoms with Crippen LogP contribution in [0.2, 0.25) is 0 Å². The van der Waals surface area contributed by atoms with Gasteiger partial charge in [0.2, 0.25) is 5.91 Å². The number of carbonyl (C=O) groups is 1. The van der Waals surface area contributed by atoms with Crippen LogP contribution in [0.15, 0.2) is 11.8 Å². The number of aliphatic hydroxyl groups is 1. The van der Waals surface area contributed by atoms with Crippen molar-refractivity contribution in [2.45, 2.75) is 46.1 Å². The van der Waals surface area contributed by atoms with Crippen LogP contribution in [-0.2, 0) is 4.79 Å². The van der Waals surface area contributed by atoms with Gasteiger partial charge in [-0.25, -0.2) is 0 Å². The predicted octanol–water partition coefficient (Wildman–Crippen LogP) is 2.14. The minimum Gasteiger partial charge on any atom is -0.516 e. The van der Waals surface area contributed by atoms with Crippen LogP contribution in [0.25, 0.3) is 0 Å². The van der Waals surface area contributed by atoms with Gasteiger partial charge >= 0.3 is 0 Å². The van der Waals surface area contributed by atoms with Crippen LogP contribution in [0.3, 0.4) is 0 Å². The second-order valence-electron chi connectivity index (χ2n) is 3.88. The van der Waals surface area contributed by atoms with Gasteiger partial charge in [0.15, 0.2) is 0 Å². The number of hydrogen-bond donors (Lipinski definition) is 2. The molecule has 0 unspecified atom stereocenters. The Bertz CT molecular complexity index is 207. The van der Waals surface area contributed by atoms with E-state index >= 15 is 0 Å². The zero-order valence-electron chi connectivity index (χ0n) is 8.85. The van der Waals surface area contributed by atoms with Gasteiger partial charge in [0.1, 0.15) is 0 Å². The first-order valence-corrected chi connectivity index (χ1v) is 4.52. The molecule has 0 saturated carbocycles. The second-order valence-corrected chi connectivity index (χ2v) is 3.88. The fourth-order valence-corrected chi connectivity index (χ4v) is 1.35. The van der Waals surface area contributed by atoms with Crippen molar-refractivity contribution in [3.63, 3.8) is 0 Å². The highest BCUT2D eigenvalue weighted by atomic mass is 16.2. The van der Waals surface area contributed by atoms with Gasteiger partial charge in [-0.2, -0.15) is 0 Å². The van der Waals surface area contributed by atoms with E-state index in [4.69, 9.17) is 5.11 Å². The summed E-state index contributed by atoms with van der Waals surface area (Å²) in [6.07, 6.45) is 2.61. The standard InChI is InChI=1S/C10H19NO2/c1-5-9(7-12)6-10(3,4)11-8(2)13/h7,12H,5-6H2,1-4H3,(H,11,13)/b9-7+. The molecule has 13 heavy (non-hydrogen) atoms. The average Bonchev–Trinajstić information content (AvgIpc) is 1.97. The molecule has 3 heteroatoms. The smallest absolute Gasteiger partial charge is 0.217 e. The number of rotatable bonds is 4. The number of aliphatic hydroxyl groups excluding tert-OH is 1. The molecule has 1 amide bonds. The molecule has 0 aliphatic rings. The monoisotopic (exact) mass is 185 g/mol. The molecule has 0 aromatic carbocycles. The van der Waals surface area contributed by atoms with Crippen LogP contribution in [0.4, 0.5) is 0 Å². The quantitative estimate of drug-likeness (QED) is 0.659. The molecule has 0 aliphatic carbocycles. The summed E-state index contributed by atoms with van der Waals surface area (Å²) in [6.45, 7) is 7.35. The van der Waals surface area contributed by atoms with E-state index < -0.39 is 0 Å². The van der Waals surface area contributed by atoms with Crippen LogP contribution < -0.4 is 5.32 Å². The molecule has 0 spiro atoms. The maximum atomic E-state index is 10.8. The molecule has 0 aliphatic heterocycles. The SMILES string of the molecule is CC/C(=C\O)CC(C)(C)NC(C)=O. The number of carbonyl (C=O) groups excluding carboxylic acids is 1. The summed E-state index contributed by atoms with van der Waals surface area (Å²) >= 11 is 0. The summed E-state index contributed by atoms with van der Waals surface area (Å²) in [6, 6.07) is 0. The number of amides is 1. The Morgan fingerprint density at radius 1 is 1.54 bits per heavy atom. The van der Waals surface area contributed by atoms with Crippen LogP contribution in [0, 0.1) is 0 Å². The minimum atomic E-state index is -0.281. The Balaban J connectivity index is 4.23. The van der Waals surface area contributed by atoms with E-state index in [1.54, 1.807) is 0 Å². The van der Waals surface area contributed by atoms with Gasteiger partial charge in [-0.3, -0.25) is 4.79 Å². The lowest BCUT2D eigenvalue weighted by molar-refractivity contribution is -0.120. The van der Waals surface area contributed by atoms with Crippen molar-refractivity contribution in [1.29, 1.82) is 0 Å². The molecular weight excluding hydrogens is 166 g/mol. The van der Waals surface area contributed by atoms with E-state index in [0.717, 1.165) is 18.3 Å². The zero-order valence-corrected chi connectivity index (χ0v) is 8.85. The van der Waals surface area contributed by atoms with Crippen LogP contribution in [0.1, 0.15) is 40.5 Å². The van der Waals surface area contributed by atoms with E-state index in [1.165, 1.54) is 6.92 Å². The topological polar surface area (TPSA) is 49.3 Å². The molecular formula is C10H19NO2. The first kappa shape index (κ1) is 12.0. The summed E-state index contributed by atoms with van der Waals surface area (Å²) < 4.78 is 0. The molecule has 0 aromatic rings. The summed E-state index contributed by atoms with van der Waals surface area (Å²) in [7, 11) is 0. The Labute approximate surface area is 79.8 Å². The van der Waals surface area contributed by atoms with Crippen molar-refractivity contribution in [2.24, 2.45) is 0 Å². The van der Waals surface area contributed by atoms with Gasteiger partial charge < -0.3 is 10.4 Å². The van der Waals surface area contributed by atoms with Crippen LogP contribution in [0.5, 0.6) is 0 Å². The third-order valence-electron chi connectivity index (χ3n) is 1.82. The molecule has 0 radical (unpaired) electrons. The Kier molecular flexibility index (Phi) is 4.52. The van der Waals surface area contributed by atoms with E-state index in [1.807, 2.05) is 20.8 Å². The molecule has 0 rings (SSSR count). The Morgan fingerprint density at radius 2 is 2.08 bits per heavy atom. The highest BCUT2D eigenvalue weighted by molar-refractivity contribution is 5.73. The van der Waals surface area contributed by atoms with E-state index in [9.17, 15) is 4.79 Å². The molecule has 3 nitrogen and oxygen atoms in total. The van der Waals surface area contributed by atoms with Crippen LogP contribution >= 0.6 is 0 Å². The first-order chi connectivity index (χ1) is 5.91. The molecule has 0 atom stereocenters. The fraction of sp³-hybridized carbons (Fsp3) is 0.700. The molecule has 0 saturated heterocycles. The first-order valence-electron chi connectivity index (χ1n) is 4.52. The second kappa shape index (κ2) is 4.90. The maximum Gasteiger partial charge on any atom is 0.217 e. The molecule has 76 valence electrons. The van der Waals surface area contributed by atoms with Gasteiger partial charge in [-0.1, -0.05) is 6.92 Å². The van der Waals surface area contributed by atoms with Crippen molar-refractivity contribution in [3.8, 4) is 0 Å². The third kappa shape index (κ3) is 5.28. The largest absolute Gasteiger partial charge is 0.516 e. The van der Waals surface area contributed by atoms with Crippen molar-refractivity contribution in [3.05, 3.63) is 11.8 Å². The lowest BCUT2D eigenvalue weighted by Gasteiger charge is -2.26. The van der Waals surface area contributed by atoms with Gasteiger partial charge in [0, 0.05) is 12.5 Å². The van der Waals surface area contributed by atoms with Gasteiger partial charge in [-0.05, 0) is 32.3 Å². The third-order valence-corrected chi connectivity index (χ3v) is 1.82. The molecule has 0 fully saturated rings. The van der Waals surface area contributed by atoms with Crippen molar-refractivity contribution >= 4 is 5.91 Å². The van der Waals surface area contributed by atoms with Crippen LogP contribution in [-0.4, -0.2) is 16.6 Å². The normalized spacial score (nSPS) is 12.8. The number of hydrogen-bond acceptors (Lipinski definition) is 2. The molecule has 0 heterocycles. The molecule has 0 aromatic heterocycles. The summed E-state index contributed by atoms with van der Waals surface area (Å²) in [5.41, 5.74) is 0.662. The summed E-state index contributed by atoms with van der Waals surface area (Å²) in [5, 5.41) is 11.7. The summed E-state index contributed by atoms with van der Waals surface area (Å²) in [4.78, 5) is 10.8. The minimum absolute atomic E-state index is 0.0432. The van der Waals surface area contributed by atoms with Crippen molar-refractivity contribution < 1.29 is 9.90 Å². The molecule has 2 N–H and O–H groups in total. The lowest BCUT2D eigenvalue weighted by Crippen LogP contribution is -2.42. The summed E-state index contributed by atoms with van der Waals surface area (Å²) in [5.74, 6) is -0.0432. The maximum absolute atomic E-state index is 10.8. The van der Waals surface area contributed by atoms with E-state index in [-0.39, 0.29) is 11.4 Å². The van der Waals surface area contributed by atoms with Gasteiger partial charge in [-0.15, -0.1) is 0 Å². The zero-order chi connectivity index (χ0) is 10.5. The Hall–Kier alpha value is -0.990. The lowest BCUT2D eigenvalue weighted by atomic mass is 9.94. The van der Waals surface area contributed by atoms with E-state index in [0.29, 0.717) is 6.42 Å².